The summed E-state index contributed by atoms with van der Waals surface area (Å²) in [7, 11) is 0. The van der Waals surface area contributed by atoms with Gasteiger partial charge in [-0.05, 0) is 5.56 Å². The average molecular weight is 326 g/mol. The van der Waals surface area contributed by atoms with Gasteiger partial charge in [-0.1, -0.05) is 91.0 Å². The summed E-state index contributed by atoms with van der Waals surface area (Å²) in [5, 5.41) is 0. The summed E-state index contributed by atoms with van der Waals surface area (Å²) in [5.74, 6) is -0.482. The number of hydrogen-bond donors (Lipinski definition) is 0. The summed E-state index contributed by atoms with van der Waals surface area (Å²) < 4.78 is 0. The lowest BCUT2D eigenvalue weighted by molar-refractivity contribution is 0.0906. The van der Waals surface area contributed by atoms with Gasteiger partial charge in [-0.15, -0.1) is 0 Å². The van der Waals surface area contributed by atoms with Crippen LogP contribution in [0.15, 0.2) is 91.0 Å². The zero-order valence-electron chi connectivity index (χ0n) is 13.7. The van der Waals surface area contributed by atoms with Crippen molar-refractivity contribution in [1.29, 1.82) is 0 Å². The van der Waals surface area contributed by atoms with Gasteiger partial charge in [0.25, 0.3) is 0 Å². The molecule has 0 aliphatic heterocycles. The first-order chi connectivity index (χ1) is 12.3. The molecule has 0 aromatic heterocycles. The molecule has 0 heterocycles. The van der Waals surface area contributed by atoms with E-state index in [1.54, 1.807) is 0 Å². The second-order valence-corrected chi connectivity index (χ2v) is 6.45. The van der Waals surface area contributed by atoms with Gasteiger partial charge in [0, 0.05) is 28.9 Å². The fourth-order valence-corrected chi connectivity index (χ4v) is 3.64. The molecular formula is C23H18O2. The Morgan fingerprint density at radius 1 is 0.520 bits per heavy atom. The molecule has 0 saturated heterocycles. The van der Waals surface area contributed by atoms with E-state index in [0.717, 1.165) is 5.56 Å². The van der Waals surface area contributed by atoms with Crippen molar-refractivity contribution in [2.75, 3.05) is 0 Å². The first-order valence-corrected chi connectivity index (χ1v) is 8.51. The SMILES string of the molecule is O=C(c1ccccc1)[C@@H]1C(c2ccccc2)[C@H]1C(=O)c1ccccc1. The van der Waals surface area contributed by atoms with E-state index in [9.17, 15) is 9.59 Å². The van der Waals surface area contributed by atoms with Gasteiger partial charge in [-0.25, -0.2) is 0 Å². The molecule has 1 saturated carbocycles. The van der Waals surface area contributed by atoms with Crippen LogP contribution in [0.5, 0.6) is 0 Å². The molecular weight excluding hydrogens is 308 g/mol. The van der Waals surface area contributed by atoms with Gasteiger partial charge in [0.05, 0.1) is 0 Å². The Labute approximate surface area is 147 Å². The lowest BCUT2D eigenvalue weighted by Crippen LogP contribution is -2.09. The van der Waals surface area contributed by atoms with E-state index in [4.69, 9.17) is 0 Å². The molecule has 122 valence electrons. The molecule has 0 radical (unpaired) electrons. The van der Waals surface area contributed by atoms with E-state index in [1.165, 1.54) is 0 Å². The van der Waals surface area contributed by atoms with Crippen LogP contribution in [0.4, 0.5) is 0 Å². The van der Waals surface area contributed by atoms with Gasteiger partial charge in [0.2, 0.25) is 0 Å². The van der Waals surface area contributed by atoms with Gasteiger partial charge in [0.1, 0.15) is 0 Å². The van der Waals surface area contributed by atoms with E-state index < -0.39 is 0 Å². The first kappa shape index (κ1) is 15.5. The largest absolute Gasteiger partial charge is 0.294 e. The Balaban J connectivity index is 1.68. The van der Waals surface area contributed by atoms with Crippen LogP contribution < -0.4 is 0 Å². The Morgan fingerprint density at radius 2 is 0.880 bits per heavy atom. The van der Waals surface area contributed by atoms with E-state index in [0.29, 0.717) is 11.1 Å². The zero-order chi connectivity index (χ0) is 17.2. The molecule has 0 amide bonds. The van der Waals surface area contributed by atoms with Crippen molar-refractivity contribution in [3.05, 3.63) is 108 Å². The van der Waals surface area contributed by atoms with Crippen molar-refractivity contribution in [1.82, 2.24) is 0 Å². The zero-order valence-corrected chi connectivity index (χ0v) is 13.7. The first-order valence-electron chi connectivity index (χ1n) is 8.51. The van der Waals surface area contributed by atoms with Crippen LogP contribution in [0.2, 0.25) is 0 Å². The number of hydrogen-bond acceptors (Lipinski definition) is 2. The second-order valence-electron chi connectivity index (χ2n) is 6.45. The molecule has 1 fully saturated rings. The van der Waals surface area contributed by atoms with Crippen molar-refractivity contribution in [3.63, 3.8) is 0 Å². The average Bonchev–Trinajstić information content (AvgIpc) is 3.44. The normalized spacial score (nSPS) is 21.5. The predicted molar refractivity (Wildman–Crippen MR) is 97.7 cm³/mol. The molecule has 2 atom stereocenters. The monoisotopic (exact) mass is 326 g/mol. The Kier molecular flexibility index (Phi) is 4.02. The molecule has 25 heavy (non-hydrogen) atoms. The summed E-state index contributed by atoms with van der Waals surface area (Å²) in [6.07, 6.45) is 0. The maximum Gasteiger partial charge on any atom is 0.167 e. The molecule has 1 aliphatic carbocycles. The third-order valence-electron chi connectivity index (χ3n) is 4.93. The number of Topliss-reactive ketones (excluding diaryl/α,β-unsaturated/α-hetero) is 2. The highest BCUT2D eigenvalue weighted by Gasteiger charge is 2.58. The predicted octanol–water partition coefficient (Wildman–Crippen LogP) is 4.78. The fraction of sp³-hybridized carbons (Fsp3) is 0.130. The van der Waals surface area contributed by atoms with Crippen LogP contribution in [0.3, 0.4) is 0 Å². The summed E-state index contributed by atoms with van der Waals surface area (Å²) in [6.45, 7) is 0. The van der Waals surface area contributed by atoms with Crippen molar-refractivity contribution < 1.29 is 9.59 Å². The van der Waals surface area contributed by atoms with Gasteiger partial charge in [-0.2, -0.15) is 0 Å². The number of carbonyl (C=O) groups excluding carboxylic acids is 2. The van der Waals surface area contributed by atoms with E-state index in [-0.39, 0.29) is 29.3 Å². The Morgan fingerprint density at radius 3 is 1.28 bits per heavy atom. The van der Waals surface area contributed by atoms with Crippen molar-refractivity contribution in [2.24, 2.45) is 11.8 Å². The second kappa shape index (κ2) is 6.48. The van der Waals surface area contributed by atoms with Crippen molar-refractivity contribution >= 4 is 11.6 Å². The smallest absolute Gasteiger partial charge is 0.167 e. The molecule has 1 aliphatic rings. The van der Waals surface area contributed by atoms with Crippen LogP contribution in [0.25, 0.3) is 0 Å². The molecule has 2 heteroatoms. The minimum Gasteiger partial charge on any atom is -0.294 e. The van der Waals surface area contributed by atoms with Gasteiger partial charge in [-0.3, -0.25) is 9.59 Å². The molecule has 3 aromatic rings. The van der Waals surface area contributed by atoms with Crippen LogP contribution >= 0.6 is 0 Å². The molecule has 3 aromatic carbocycles. The van der Waals surface area contributed by atoms with Crippen molar-refractivity contribution in [2.45, 2.75) is 5.92 Å². The summed E-state index contributed by atoms with van der Waals surface area (Å²) >= 11 is 0. The summed E-state index contributed by atoms with van der Waals surface area (Å²) in [5.41, 5.74) is 2.42. The molecule has 0 spiro atoms. The molecule has 0 unspecified atom stereocenters. The minimum atomic E-state index is -0.280. The third kappa shape index (κ3) is 2.91. The fourth-order valence-electron chi connectivity index (χ4n) is 3.64. The van der Waals surface area contributed by atoms with Gasteiger partial charge >= 0.3 is 0 Å². The number of carbonyl (C=O) groups is 2. The van der Waals surface area contributed by atoms with E-state index in [1.807, 2.05) is 91.0 Å². The lowest BCUT2D eigenvalue weighted by Gasteiger charge is -2.00. The molecule has 4 rings (SSSR count). The quantitative estimate of drug-likeness (QED) is 0.632. The molecule has 2 nitrogen and oxygen atoms in total. The Hall–Kier alpha value is -3.00. The van der Waals surface area contributed by atoms with E-state index in [2.05, 4.69) is 0 Å². The highest BCUT2D eigenvalue weighted by Crippen LogP contribution is 2.56. The maximum absolute atomic E-state index is 13.0. The van der Waals surface area contributed by atoms with Crippen LogP contribution in [-0.2, 0) is 0 Å². The van der Waals surface area contributed by atoms with Crippen LogP contribution in [0, 0.1) is 11.8 Å². The Bertz CT molecular complexity index is 828. The van der Waals surface area contributed by atoms with E-state index >= 15 is 0 Å². The number of rotatable bonds is 5. The summed E-state index contributed by atoms with van der Waals surface area (Å²) in [6, 6.07) is 28.4. The van der Waals surface area contributed by atoms with Gasteiger partial charge in [0.15, 0.2) is 11.6 Å². The standard InChI is InChI=1S/C23H18O2/c24-22(17-12-6-2-7-13-17)20-19(16-10-4-1-5-11-16)21(20)23(25)18-14-8-3-9-15-18/h1-15,19-21H/t20-,21-/m1/s1. The number of ketones is 2. The highest BCUT2D eigenvalue weighted by molar-refractivity contribution is 6.09. The molecule has 0 N–H and O–H groups in total. The summed E-state index contributed by atoms with van der Waals surface area (Å²) in [4.78, 5) is 26.0. The minimum absolute atomic E-state index is 0.0402. The molecule has 0 bridgehead atoms. The van der Waals surface area contributed by atoms with Crippen molar-refractivity contribution in [3.8, 4) is 0 Å². The number of benzene rings is 3. The third-order valence-corrected chi connectivity index (χ3v) is 4.93. The van der Waals surface area contributed by atoms with Gasteiger partial charge < -0.3 is 0 Å². The highest BCUT2D eigenvalue weighted by atomic mass is 16.1. The lowest BCUT2D eigenvalue weighted by atomic mass is 10.0. The topological polar surface area (TPSA) is 34.1 Å². The van der Waals surface area contributed by atoms with Crippen LogP contribution in [0.1, 0.15) is 32.2 Å². The maximum atomic E-state index is 13.0. The van der Waals surface area contributed by atoms with Crippen LogP contribution in [-0.4, -0.2) is 11.6 Å².